The molecule has 0 radical (unpaired) electrons. The summed E-state index contributed by atoms with van der Waals surface area (Å²) in [6.07, 6.45) is 7.97. The number of rotatable bonds is 5. The molecular formula is C16H28N2O3. The Morgan fingerprint density at radius 3 is 2.62 bits per heavy atom. The first kappa shape index (κ1) is 16.3. The molecule has 2 aliphatic rings. The van der Waals surface area contributed by atoms with Gasteiger partial charge in [0.05, 0.1) is 0 Å². The van der Waals surface area contributed by atoms with Gasteiger partial charge in [-0.3, -0.25) is 4.79 Å². The number of amides is 1. The van der Waals surface area contributed by atoms with Crippen LogP contribution in [0.1, 0.15) is 64.7 Å². The molecule has 0 bridgehead atoms. The van der Waals surface area contributed by atoms with Crippen LogP contribution in [0.4, 0.5) is 0 Å². The minimum absolute atomic E-state index is 0.0136. The number of carboxylic acids is 1. The van der Waals surface area contributed by atoms with E-state index in [9.17, 15) is 14.7 Å². The van der Waals surface area contributed by atoms with Gasteiger partial charge in [0, 0.05) is 18.5 Å². The molecule has 0 spiro atoms. The van der Waals surface area contributed by atoms with Crippen molar-refractivity contribution in [1.29, 1.82) is 0 Å². The van der Waals surface area contributed by atoms with Crippen LogP contribution in [0.5, 0.6) is 0 Å². The quantitative estimate of drug-likeness (QED) is 0.814. The molecule has 21 heavy (non-hydrogen) atoms. The minimum atomic E-state index is -0.848. The summed E-state index contributed by atoms with van der Waals surface area (Å²) < 4.78 is 0. The largest absolute Gasteiger partial charge is 0.480 e. The number of nitrogens with zero attached hydrogens (tertiary/aromatic N) is 1. The summed E-state index contributed by atoms with van der Waals surface area (Å²) in [6.45, 7) is 1.93. The summed E-state index contributed by atoms with van der Waals surface area (Å²) in [4.78, 5) is 25.8. The molecule has 0 aromatic heterocycles. The van der Waals surface area contributed by atoms with E-state index in [1.165, 1.54) is 6.42 Å². The molecular weight excluding hydrogens is 268 g/mol. The highest BCUT2D eigenvalue weighted by Crippen LogP contribution is 2.38. The highest BCUT2D eigenvalue weighted by molar-refractivity contribution is 5.84. The summed E-state index contributed by atoms with van der Waals surface area (Å²) in [5.41, 5.74) is 5.72. The van der Waals surface area contributed by atoms with E-state index in [2.05, 4.69) is 0 Å². The van der Waals surface area contributed by atoms with Gasteiger partial charge >= 0.3 is 5.97 Å². The van der Waals surface area contributed by atoms with E-state index in [1.54, 1.807) is 4.90 Å². The highest BCUT2D eigenvalue weighted by atomic mass is 16.4. The molecule has 5 heteroatoms. The predicted molar refractivity (Wildman–Crippen MR) is 80.8 cm³/mol. The lowest BCUT2D eigenvalue weighted by Crippen LogP contribution is -2.57. The van der Waals surface area contributed by atoms with Gasteiger partial charge in [0.25, 0.3) is 0 Å². The third-order valence-electron chi connectivity index (χ3n) is 5.00. The van der Waals surface area contributed by atoms with Crippen molar-refractivity contribution in [3.63, 3.8) is 0 Å². The third-order valence-corrected chi connectivity index (χ3v) is 5.00. The first-order valence-corrected chi connectivity index (χ1v) is 8.30. The van der Waals surface area contributed by atoms with Gasteiger partial charge < -0.3 is 15.7 Å². The molecule has 1 amide bonds. The molecule has 2 fully saturated rings. The second-order valence-corrected chi connectivity index (χ2v) is 6.71. The molecule has 3 N–H and O–H groups in total. The fourth-order valence-electron chi connectivity index (χ4n) is 3.94. The normalized spacial score (nSPS) is 30.6. The van der Waals surface area contributed by atoms with Crippen LogP contribution >= 0.6 is 0 Å². The highest BCUT2D eigenvalue weighted by Gasteiger charge is 2.43. The fourth-order valence-corrected chi connectivity index (χ4v) is 3.94. The second-order valence-electron chi connectivity index (χ2n) is 6.71. The standard InChI is InChI=1S/C16H28N2O3/c1-11(17)5-4-8-15(19)18-13-7-3-2-6-12(13)9-10-14(18)16(20)21/h11-14H,2-10,17H2,1H3,(H,20,21). The van der Waals surface area contributed by atoms with Crippen molar-refractivity contribution in [3.05, 3.63) is 0 Å². The number of piperidine rings is 1. The number of carbonyl (C=O) groups excluding carboxylic acids is 1. The summed E-state index contributed by atoms with van der Waals surface area (Å²) >= 11 is 0. The Kier molecular flexibility index (Phi) is 5.62. The number of fused-ring (bicyclic) bond motifs is 1. The summed E-state index contributed by atoms with van der Waals surface area (Å²) in [7, 11) is 0. The molecule has 0 aromatic rings. The predicted octanol–water partition coefficient (Wildman–Crippen LogP) is 2.14. The maximum absolute atomic E-state index is 12.6. The Hall–Kier alpha value is -1.10. The Labute approximate surface area is 126 Å². The zero-order valence-electron chi connectivity index (χ0n) is 13.0. The van der Waals surface area contributed by atoms with Crippen molar-refractivity contribution in [1.82, 2.24) is 4.90 Å². The second kappa shape index (κ2) is 7.25. The lowest BCUT2D eigenvalue weighted by Gasteiger charge is -2.47. The van der Waals surface area contributed by atoms with Crippen molar-refractivity contribution in [2.45, 2.75) is 82.8 Å². The number of carbonyl (C=O) groups is 2. The van der Waals surface area contributed by atoms with Crippen LogP contribution in [0.15, 0.2) is 0 Å². The first-order chi connectivity index (χ1) is 10.0. The van der Waals surface area contributed by atoms with E-state index >= 15 is 0 Å². The van der Waals surface area contributed by atoms with Crippen LogP contribution in [-0.4, -0.2) is 40.0 Å². The van der Waals surface area contributed by atoms with Crippen LogP contribution in [-0.2, 0) is 9.59 Å². The number of hydrogen-bond acceptors (Lipinski definition) is 3. The molecule has 1 aliphatic heterocycles. The monoisotopic (exact) mass is 296 g/mol. The van der Waals surface area contributed by atoms with Gasteiger partial charge in [-0.2, -0.15) is 0 Å². The molecule has 120 valence electrons. The number of likely N-dealkylation sites (tertiary alicyclic amines) is 1. The molecule has 2 rings (SSSR count). The maximum Gasteiger partial charge on any atom is 0.326 e. The summed E-state index contributed by atoms with van der Waals surface area (Å²) in [5.74, 6) is -0.328. The van der Waals surface area contributed by atoms with Crippen LogP contribution in [0.25, 0.3) is 0 Å². The van der Waals surface area contributed by atoms with Gasteiger partial charge in [0.1, 0.15) is 6.04 Å². The van der Waals surface area contributed by atoms with Crippen molar-refractivity contribution >= 4 is 11.9 Å². The van der Waals surface area contributed by atoms with Gasteiger partial charge in [0.2, 0.25) is 5.91 Å². The molecule has 1 heterocycles. The summed E-state index contributed by atoms with van der Waals surface area (Å²) in [6, 6.07) is -0.375. The number of aliphatic carboxylic acids is 1. The van der Waals surface area contributed by atoms with E-state index in [0.717, 1.165) is 38.5 Å². The average Bonchev–Trinajstić information content (AvgIpc) is 2.45. The molecule has 0 aromatic carbocycles. The Morgan fingerprint density at radius 2 is 1.95 bits per heavy atom. The lowest BCUT2D eigenvalue weighted by molar-refractivity contribution is -0.158. The molecule has 1 aliphatic carbocycles. The average molecular weight is 296 g/mol. The molecule has 1 saturated heterocycles. The topological polar surface area (TPSA) is 83.6 Å². The molecule has 4 unspecified atom stereocenters. The van der Waals surface area contributed by atoms with Crippen molar-refractivity contribution in [3.8, 4) is 0 Å². The molecule has 1 saturated carbocycles. The lowest BCUT2D eigenvalue weighted by atomic mass is 9.76. The molecule has 4 atom stereocenters. The van der Waals surface area contributed by atoms with Gasteiger partial charge in [-0.1, -0.05) is 12.8 Å². The smallest absolute Gasteiger partial charge is 0.326 e. The van der Waals surface area contributed by atoms with Crippen LogP contribution in [0.2, 0.25) is 0 Å². The number of carboxylic acid groups (broad SMARTS) is 1. The van der Waals surface area contributed by atoms with Crippen LogP contribution in [0.3, 0.4) is 0 Å². The van der Waals surface area contributed by atoms with Gasteiger partial charge in [-0.15, -0.1) is 0 Å². The van der Waals surface area contributed by atoms with Crippen molar-refractivity contribution in [2.24, 2.45) is 11.7 Å². The van der Waals surface area contributed by atoms with Gasteiger partial charge in [-0.05, 0) is 51.4 Å². The van der Waals surface area contributed by atoms with E-state index in [-0.39, 0.29) is 18.0 Å². The SMILES string of the molecule is CC(N)CCCC(=O)N1C(C(=O)O)CCC2CCCCC21. The van der Waals surface area contributed by atoms with Crippen LogP contribution in [0, 0.1) is 5.92 Å². The first-order valence-electron chi connectivity index (χ1n) is 8.30. The zero-order valence-corrected chi connectivity index (χ0v) is 13.0. The van der Waals surface area contributed by atoms with Gasteiger partial charge in [0.15, 0.2) is 0 Å². The molecule has 5 nitrogen and oxygen atoms in total. The fraction of sp³-hybridized carbons (Fsp3) is 0.875. The number of nitrogens with two attached hydrogens (primary N) is 1. The summed E-state index contributed by atoms with van der Waals surface area (Å²) in [5, 5.41) is 9.45. The number of hydrogen-bond donors (Lipinski definition) is 2. The zero-order chi connectivity index (χ0) is 15.4. The van der Waals surface area contributed by atoms with Crippen molar-refractivity contribution < 1.29 is 14.7 Å². The Morgan fingerprint density at radius 1 is 1.24 bits per heavy atom. The van der Waals surface area contributed by atoms with E-state index in [0.29, 0.717) is 18.8 Å². The van der Waals surface area contributed by atoms with E-state index in [1.807, 2.05) is 6.92 Å². The Balaban J connectivity index is 2.05. The van der Waals surface area contributed by atoms with E-state index in [4.69, 9.17) is 5.73 Å². The third kappa shape index (κ3) is 3.96. The minimum Gasteiger partial charge on any atom is -0.480 e. The van der Waals surface area contributed by atoms with E-state index < -0.39 is 12.0 Å². The Bertz CT molecular complexity index is 384. The van der Waals surface area contributed by atoms with Crippen molar-refractivity contribution in [2.75, 3.05) is 0 Å². The van der Waals surface area contributed by atoms with Crippen LogP contribution < -0.4 is 5.73 Å². The maximum atomic E-state index is 12.6. The van der Waals surface area contributed by atoms with Gasteiger partial charge in [-0.25, -0.2) is 4.79 Å².